The van der Waals surface area contributed by atoms with Gasteiger partial charge in [0, 0.05) is 18.1 Å². The summed E-state index contributed by atoms with van der Waals surface area (Å²) in [4.78, 5) is 17.6. The van der Waals surface area contributed by atoms with E-state index in [1.165, 1.54) is 11.3 Å². The molecular weight excluding hydrogens is 274 g/mol. The Labute approximate surface area is 122 Å². The Balaban J connectivity index is 1.65. The molecule has 5 nitrogen and oxygen atoms in total. The maximum absolute atomic E-state index is 11.7. The van der Waals surface area contributed by atoms with Crippen molar-refractivity contribution in [3.8, 4) is 5.75 Å². The van der Waals surface area contributed by atoms with E-state index in [0.717, 1.165) is 5.75 Å². The van der Waals surface area contributed by atoms with Gasteiger partial charge in [0.25, 0.3) is 0 Å². The van der Waals surface area contributed by atoms with Crippen molar-refractivity contribution in [3.63, 3.8) is 0 Å². The highest BCUT2D eigenvalue weighted by atomic mass is 32.1. The Morgan fingerprint density at radius 3 is 2.90 bits per heavy atom. The van der Waals surface area contributed by atoms with Crippen LogP contribution in [-0.4, -0.2) is 42.5 Å². The van der Waals surface area contributed by atoms with Crippen molar-refractivity contribution >= 4 is 22.4 Å². The number of benzene rings is 1. The zero-order chi connectivity index (χ0) is 14.2. The number of rotatable bonds is 7. The second-order valence-electron chi connectivity index (χ2n) is 4.28. The molecule has 0 fully saturated rings. The largest absolute Gasteiger partial charge is 0.492 e. The number of anilines is 1. The molecule has 106 valence electrons. The molecule has 0 atom stereocenters. The van der Waals surface area contributed by atoms with Gasteiger partial charge < -0.3 is 10.1 Å². The third-order valence-electron chi connectivity index (χ3n) is 2.58. The first-order chi connectivity index (χ1) is 9.74. The van der Waals surface area contributed by atoms with Crippen LogP contribution < -0.4 is 10.1 Å². The number of aromatic nitrogens is 1. The van der Waals surface area contributed by atoms with E-state index in [0.29, 0.717) is 24.8 Å². The number of nitrogens with zero attached hydrogens (tertiary/aromatic N) is 2. The summed E-state index contributed by atoms with van der Waals surface area (Å²) in [5, 5.41) is 5.20. The number of amides is 1. The van der Waals surface area contributed by atoms with Gasteiger partial charge in [-0.15, -0.1) is 11.3 Å². The van der Waals surface area contributed by atoms with E-state index in [2.05, 4.69) is 10.3 Å². The third kappa shape index (κ3) is 4.99. The summed E-state index contributed by atoms with van der Waals surface area (Å²) in [6.45, 7) is 1.54. The van der Waals surface area contributed by atoms with E-state index in [4.69, 9.17) is 4.74 Å². The average molecular weight is 291 g/mol. The fourth-order valence-corrected chi connectivity index (χ4v) is 2.15. The number of hydrogen-bond donors (Lipinski definition) is 1. The molecule has 1 heterocycles. The fraction of sp³-hybridized carbons (Fsp3) is 0.286. The summed E-state index contributed by atoms with van der Waals surface area (Å²) in [6, 6.07) is 9.63. The summed E-state index contributed by atoms with van der Waals surface area (Å²) < 4.78 is 5.58. The average Bonchev–Trinajstić information content (AvgIpc) is 2.92. The van der Waals surface area contributed by atoms with Crippen molar-refractivity contribution in [2.75, 3.05) is 32.1 Å². The first-order valence-electron chi connectivity index (χ1n) is 6.30. The Hall–Kier alpha value is -1.92. The molecule has 20 heavy (non-hydrogen) atoms. The molecule has 1 amide bonds. The second-order valence-corrected chi connectivity index (χ2v) is 5.18. The molecule has 0 spiro atoms. The van der Waals surface area contributed by atoms with Crippen LogP contribution in [0.2, 0.25) is 0 Å². The molecule has 0 aliphatic rings. The van der Waals surface area contributed by atoms with E-state index in [1.54, 1.807) is 6.20 Å². The van der Waals surface area contributed by atoms with Crippen molar-refractivity contribution < 1.29 is 9.53 Å². The molecule has 2 rings (SSSR count). The van der Waals surface area contributed by atoms with Crippen molar-refractivity contribution in [2.45, 2.75) is 0 Å². The fourth-order valence-electron chi connectivity index (χ4n) is 1.60. The number of nitrogens with one attached hydrogen (secondary N) is 1. The molecule has 0 bridgehead atoms. The Morgan fingerprint density at radius 1 is 1.40 bits per heavy atom. The molecule has 6 heteroatoms. The molecule has 0 radical (unpaired) electrons. The second kappa shape index (κ2) is 7.62. The lowest BCUT2D eigenvalue weighted by molar-refractivity contribution is -0.117. The first-order valence-corrected chi connectivity index (χ1v) is 7.18. The summed E-state index contributed by atoms with van der Waals surface area (Å²) in [6.07, 6.45) is 1.66. The number of carbonyl (C=O) groups is 1. The zero-order valence-electron chi connectivity index (χ0n) is 11.3. The van der Waals surface area contributed by atoms with E-state index in [1.807, 2.05) is 47.7 Å². The highest BCUT2D eigenvalue weighted by molar-refractivity contribution is 7.13. The Morgan fingerprint density at radius 2 is 2.20 bits per heavy atom. The van der Waals surface area contributed by atoms with E-state index in [-0.39, 0.29) is 5.91 Å². The number of hydrogen-bond acceptors (Lipinski definition) is 5. The van der Waals surface area contributed by atoms with Crippen LogP contribution in [0.4, 0.5) is 5.13 Å². The van der Waals surface area contributed by atoms with E-state index < -0.39 is 0 Å². The quantitative estimate of drug-likeness (QED) is 0.848. The molecule has 0 saturated carbocycles. The number of thiazole rings is 1. The minimum absolute atomic E-state index is 0.0674. The minimum Gasteiger partial charge on any atom is -0.492 e. The number of para-hydroxylation sites is 1. The number of ether oxygens (including phenoxy) is 1. The first kappa shape index (κ1) is 14.5. The smallest absolute Gasteiger partial charge is 0.240 e. The van der Waals surface area contributed by atoms with Crippen LogP contribution in [0.5, 0.6) is 5.75 Å². The number of likely N-dealkylation sites (N-methyl/N-ethyl adjacent to an activating group) is 1. The van der Waals surface area contributed by atoms with Gasteiger partial charge in [0.05, 0.1) is 6.54 Å². The predicted molar refractivity (Wildman–Crippen MR) is 80.2 cm³/mol. The molecule has 1 N–H and O–H groups in total. The van der Waals surface area contributed by atoms with Gasteiger partial charge in [0.15, 0.2) is 5.13 Å². The topological polar surface area (TPSA) is 54.5 Å². The maximum atomic E-state index is 11.7. The summed E-state index contributed by atoms with van der Waals surface area (Å²) in [5.74, 6) is 0.773. The molecular formula is C14H17N3O2S. The Bertz CT molecular complexity index is 516. The molecule has 1 aromatic heterocycles. The SMILES string of the molecule is CN(CCOc1ccccc1)CC(=O)Nc1nccs1. The van der Waals surface area contributed by atoms with Gasteiger partial charge in [-0.2, -0.15) is 0 Å². The monoisotopic (exact) mass is 291 g/mol. The van der Waals surface area contributed by atoms with Gasteiger partial charge >= 0.3 is 0 Å². The lowest BCUT2D eigenvalue weighted by atomic mass is 10.3. The summed E-state index contributed by atoms with van der Waals surface area (Å²) >= 11 is 1.41. The van der Waals surface area contributed by atoms with Gasteiger partial charge in [0.2, 0.25) is 5.91 Å². The van der Waals surface area contributed by atoms with Gasteiger partial charge in [-0.1, -0.05) is 18.2 Å². The number of carbonyl (C=O) groups excluding carboxylic acids is 1. The summed E-state index contributed by atoms with van der Waals surface area (Å²) in [5.41, 5.74) is 0. The van der Waals surface area contributed by atoms with Crippen molar-refractivity contribution in [1.29, 1.82) is 0 Å². The van der Waals surface area contributed by atoms with Crippen molar-refractivity contribution in [1.82, 2.24) is 9.88 Å². The van der Waals surface area contributed by atoms with Crippen molar-refractivity contribution in [2.24, 2.45) is 0 Å². The van der Waals surface area contributed by atoms with Crippen LogP contribution in [-0.2, 0) is 4.79 Å². The van der Waals surface area contributed by atoms with Crippen LogP contribution >= 0.6 is 11.3 Å². The van der Waals surface area contributed by atoms with Gasteiger partial charge in [-0.3, -0.25) is 9.69 Å². The molecule has 0 aliphatic carbocycles. The minimum atomic E-state index is -0.0674. The van der Waals surface area contributed by atoms with E-state index >= 15 is 0 Å². The van der Waals surface area contributed by atoms with Gasteiger partial charge in [-0.05, 0) is 19.2 Å². The van der Waals surface area contributed by atoms with Crippen LogP contribution in [0.1, 0.15) is 0 Å². The van der Waals surface area contributed by atoms with Crippen molar-refractivity contribution in [3.05, 3.63) is 41.9 Å². The lowest BCUT2D eigenvalue weighted by Crippen LogP contribution is -2.33. The van der Waals surface area contributed by atoms with Gasteiger partial charge in [-0.25, -0.2) is 4.98 Å². The highest BCUT2D eigenvalue weighted by Crippen LogP contribution is 2.10. The van der Waals surface area contributed by atoms with Crippen LogP contribution in [0.25, 0.3) is 0 Å². The molecule has 0 saturated heterocycles. The predicted octanol–water partition coefficient (Wildman–Crippen LogP) is 2.09. The molecule has 1 aromatic carbocycles. The standard InChI is InChI=1S/C14H17N3O2S/c1-17(8-9-19-12-5-3-2-4-6-12)11-13(18)16-14-15-7-10-20-14/h2-7,10H,8-9,11H2,1H3,(H,15,16,18). The molecule has 0 unspecified atom stereocenters. The van der Waals surface area contributed by atoms with Crippen LogP contribution in [0.3, 0.4) is 0 Å². The normalized spacial score (nSPS) is 10.5. The van der Waals surface area contributed by atoms with Crippen LogP contribution in [0, 0.1) is 0 Å². The third-order valence-corrected chi connectivity index (χ3v) is 3.27. The summed E-state index contributed by atoms with van der Waals surface area (Å²) in [7, 11) is 1.88. The zero-order valence-corrected chi connectivity index (χ0v) is 12.1. The lowest BCUT2D eigenvalue weighted by Gasteiger charge is -2.16. The maximum Gasteiger partial charge on any atom is 0.240 e. The van der Waals surface area contributed by atoms with Crippen LogP contribution in [0.15, 0.2) is 41.9 Å². The Kier molecular flexibility index (Phi) is 5.52. The highest BCUT2D eigenvalue weighted by Gasteiger charge is 2.08. The van der Waals surface area contributed by atoms with E-state index in [9.17, 15) is 4.79 Å². The van der Waals surface area contributed by atoms with Gasteiger partial charge in [0.1, 0.15) is 12.4 Å². The molecule has 2 aromatic rings. The molecule has 0 aliphatic heterocycles.